The Labute approximate surface area is 312 Å². The van der Waals surface area contributed by atoms with Crippen LogP contribution in [0, 0.1) is 5.92 Å². The number of aliphatic carboxylic acids is 1. The van der Waals surface area contributed by atoms with Crippen molar-refractivity contribution in [3.8, 4) is 0 Å². The quantitative estimate of drug-likeness (QED) is 0.0837. The highest BCUT2D eigenvalue weighted by Gasteiger charge is 2.72. The molecule has 0 amide bonds. The van der Waals surface area contributed by atoms with Crippen LogP contribution in [0.1, 0.15) is 46.5 Å². The van der Waals surface area contributed by atoms with Gasteiger partial charge < -0.3 is 34.5 Å². The second kappa shape index (κ2) is 18.2. The summed E-state index contributed by atoms with van der Waals surface area (Å²) in [5.41, 5.74) is 0.713. The van der Waals surface area contributed by atoms with Crippen LogP contribution in [0.4, 0.5) is 0 Å². The average Bonchev–Trinajstić information content (AvgIpc) is 4.06. The number of carboxylic acids is 1. The minimum atomic E-state index is -3.45. The van der Waals surface area contributed by atoms with E-state index in [9.17, 15) is 18.3 Å². The highest BCUT2D eigenvalue weighted by molar-refractivity contribution is 7.89. The molecule has 2 aromatic rings. The number of aliphatic hydroxyl groups is 1. The lowest BCUT2D eigenvalue weighted by Gasteiger charge is -2.43. The van der Waals surface area contributed by atoms with Gasteiger partial charge in [0.25, 0.3) is 0 Å². The number of benzene rings is 1. The van der Waals surface area contributed by atoms with Crippen molar-refractivity contribution in [3.05, 3.63) is 96.9 Å². The number of carboxylic acid groups (broad SMARTS) is 1. The molecule has 1 spiro atoms. The number of epoxide rings is 2. The van der Waals surface area contributed by atoms with Gasteiger partial charge in [-0.25, -0.2) is 13.2 Å². The molecule has 4 fully saturated rings. The van der Waals surface area contributed by atoms with Crippen LogP contribution in [0.2, 0.25) is 0 Å². The molecule has 12 nitrogen and oxygen atoms in total. The molecule has 4 heterocycles. The van der Waals surface area contributed by atoms with E-state index in [1.165, 1.54) is 11.6 Å². The van der Waals surface area contributed by atoms with Crippen LogP contribution in [0.25, 0.3) is 10.8 Å². The van der Waals surface area contributed by atoms with Crippen molar-refractivity contribution in [2.24, 2.45) is 5.92 Å². The maximum Gasteiger partial charge on any atom is 0.328 e. The molecular formula is C40H53N3O9S. The van der Waals surface area contributed by atoms with Gasteiger partial charge >= 0.3 is 5.97 Å². The number of ether oxygens (including phenoxy) is 4. The molecule has 3 N–H and O–H groups in total. The van der Waals surface area contributed by atoms with Crippen LogP contribution in [-0.2, 0) is 33.8 Å². The second-order valence-corrected chi connectivity index (χ2v) is 16.1. The van der Waals surface area contributed by atoms with E-state index in [0.29, 0.717) is 31.1 Å². The Hall–Kier alpha value is -3.53. The average molecular weight is 752 g/mol. The Bertz CT molecular complexity index is 1800. The number of carbonyl (C=O) groups is 1. The number of fused-ring (bicyclic) bond motifs is 1. The number of pyridine rings is 1. The Morgan fingerprint density at radius 1 is 1.13 bits per heavy atom. The molecule has 0 radical (unpaired) electrons. The van der Waals surface area contributed by atoms with Gasteiger partial charge in [0, 0.05) is 56.0 Å². The number of hydrogen-bond donors (Lipinski definition) is 3. The molecular weight excluding hydrogens is 699 g/mol. The van der Waals surface area contributed by atoms with Gasteiger partial charge in [-0.15, -0.1) is 0 Å². The van der Waals surface area contributed by atoms with Crippen molar-refractivity contribution in [1.82, 2.24) is 14.6 Å². The maximum atomic E-state index is 12.8. The zero-order valence-corrected chi connectivity index (χ0v) is 31.8. The van der Waals surface area contributed by atoms with Gasteiger partial charge in [0.15, 0.2) is 6.29 Å². The molecule has 1 aromatic carbocycles. The molecule has 288 valence electrons. The molecule has 3 saturated heterocycles. The van der Waals surface area contributed by atoms with Gasteiger partial charge in [-0.1, -0.05) is 60.2 Å². The predicted molar refractivity (Wildman–Crippen MR) is 203 cm³/mol. The van der Waals surface area contributed by atoms with Gasteiger partial charge in [-0.05, 0) is 71.2 Å². The molecule has 0 bridgehead atoms. The normalized spacial score (nSPS) is 29.8. The first-order valence-electron chi connectivity index (χ1n) is 18.2. The van der Waals surface area contributed by atoms with E-state index >= 15 is 0 Å². The van der Waals surface area contributed by atoms with E-state index in [-0.39, 0.29) is 35.4 Å². The zero-order valence-electron chi connectivity index (χ0n) is 31.0. The minimum Gasteiger partial charge on any atom is -0.478 e. The fourth-order valence-corrected chi connectivity index (χ4v) is 9.08. The summed E-state index contributed by atoms with van der Waals surface area (Å²) in [5.74, 6) is -0.961. The fraction of sp³-hybridized carbons (Fsp3) is 0.500. The van der Waals surface area contributed by atoms with E-state index in [1.54, 1.807) is 78.5 Å². The maximum absolute atomic E-state index is 12.8. The van der Waals surface area contributed by atoms with Gasteiger partial charge in [0.05, 0.1) is 41.3 Å². The molecule has 53 heavy (non-hydrogen) atoms. The Morgan fingerprint density at radius 2 is 1.89 bits per heavy atom. The number of rotatable bonds is 13. The summed E-state index contributed by atoms with van der Waals surface area (Å²) >= 11 is 0. The van der Waals surface area contributed by atoms with E-state index < -0.39 is 22.3 Å². The summed E-state index contributed by atoms with van der Waals surface area (Å²) in [4.78, 5) is 14.8. The number of hydrogen-bond acceptors (Lipinski definition) is 10. The van der Waals surface area contributed by atoms with Crippen molar-refractivity contribution in [3.63, 3.8) is 0 Å². The summed E-state index contributed by atoms with van der Waals surface area (Å²) < 4.78 is 51.3. The van der Waals surface area contributed by atoms with Crippen molar-refractivity contribution in [1.29, 1.82) is 0 Å². The number of nitrogens with one attached hydrogen (secondary N) is 1. The smallest absolute Gasteiger partial charge is 0.328 e. The molecule has 1 aliphatic carbocycles. The zero-order chi connectivity index (χ0) is 38.1. The van der Waals surface area contributed by atoms with Gasteiger partial charge in [-0.2, -0.15) is 4.31 Å². The van der Waals surface area contributed by atoms with Crippen LogP contribution >= 0.6 is 0 Å². The topological polar surface area (TPSA) is 163 Å². The number of allylic oxidation sites excluding steroid dienone is 7. The molecule has 1 aromatic heterocycles. The van der Waals surface area contributed by atoms with Crippen LogP contribution in [-0.4, -0.2) is 110 Å². The second-order valence-electron chi connectivity index (χ2n) is 14.2. The molecule has 6 rings (SSSR count). The first-order chi connectivity index (χ1) is 25.4. The number of sulfonamides is 1. The summed E-state index contributed by atoms with van der Waals surface area (Å²) in [6.07, 6.45) is 19.9. The van der Waals surface area contributed by atoms with Gasteiger partial charge in [-0.3, -0.25) is 4.98 Å². The fourth-order valence-electron chi connectivity index (χ4n) is 7.39. The minimum absolute atomic E-state index is 0.0318. The summed E-state index contributed by atoms with van der Waals surface area (Å²) in [6, 6.07) is 7.09. The Balaban J connectivity index is 0.000000230. The predicted octanol–water partition coefficient (Wildman–Crippen LogP) is 4.93. The largest absolute Gasteiger partial charge is 0.478 e. The third-order valence-electron chi connectivity index (χ3n) is 10.2. The number of methoxy groups -OCH3 is 1. The van der Waals surface area contributed by atoms with Gasteiger partial charge in [0.2, 0.25) is 10.0 Å². The van der Waals surface area contributed by atoms with Crippen LogP contribution in [0.3, 0.4) is 0 Å². The van der Waals surface area contributed by atoms with Crippen molar-refractivity contribution >= 4 is 26.8 Å². The highest BCUT2D eigenvalue weighted by Crippen LogP contribution is 2.59. The first kappa shape index (κ1) is 40.7. The van der Waals surface area contributed by atoms with E-state index in [2.05, 4.69) is 37.1 Å². The summed E-state index contributed by atoms with van der Waals surface area (Å²) in [5, 5.41) is 23.7. The van der Waals surface area contributed by atoms with Crippen LogP contribution < -0.4 is 5.32 Å². The summed E-state index contributed by atoms with van der Waals surface area (Å²) in [6.45, 7) is 9.67. The van der Waals surface area contributed by atoms with Crippen LogP contribution in [0.15, 0.2) is 102 Å². The number of aromatic nitrogens is 1. The number of aliphatic hydroxyl groups excluding tert-OH is 1. The highest BCUT2D eigenvalue weighted by atomic mass is 32.2. The van der Waals surface area contributed by atoms with Crippen molar-refractivity contribution in [2.75, 3.05) is 39.9 Å². The Kier molecular flexibility index (Phi) is 14.0. The molecule has 13 heteroatoms. The van der Waals surface area contributed by atoms with Crippen molar-refractivity contribution in [2.45, 2.75) is 87.2 Å². The summed E-state index contributed by atoms with van der Waals surface area (Å²) in [7, 11) is -1.76. The molecule has 1 saturated carbocycles. The standard InChI is InChI=1S/C26H36O7.C14H17N3O2S/c1-18(2)13-14-20-25(3,33-20)24-23(30-4)19(15-16-26(24)17-31-26)32-22(29)12-10-8-6-5-7-9-11-21(27)28;18-20(19,17-9-2-6-15-8-10-17)14-4-1-3-12-11-16-7-5-13(12)14/h5-13,19-20,22-24,29H,14-17H2,1-4H3,(H,27,28);1,3-5,7,11,15H,2,6,8-10H2/b7-5+,8-6+,11-9+,12-10+;/t19-,20-,22?,23-,24-,25+,26+;/m1./s1. The number of nitrogens with zero attached hydrogens (tertiary/aromatic N) is 2. The lowest BCUT2D eigenvalue weighted by Crippen LogP contribution is -2.55. The van der Waals surface area contributed by atoms with Crippen molar-refractivity contribution < 1.29 is 42.4 Å². The van der Waals surface area contributed by atoms with E-state index in [1.807, 2.05) is 6.07 Å². The third kappa shape index (κ3) is 10.4. The molecule has 7 atom stereocenters. The third-order valence-corrected chi connectivity index (χ3v) is 12.1. The SMILES string of the molecule is CO[C@@H]1[C@H](OC(O)/C=C/C=C/C=C/C=C/C(=O)O)CC[C@]2(CO2)[C@H]1[C@@]1(C)O[C@@H]1CC=C(C)C.O=S(=O)(c1cccc2cnccc12)N1CCCNCC1. The lowest BCUT2D eigenvalue weighted by molar-refractivity contribution is -0.189. The van der Waals surface area contributed by atoms with Gasteiger partial charge in [0.1, 0.15) is 5.60 Å². The lowest BCUT2D eigenvalue weighted by atomic mass is 9.68. The monoisotopic (exact) mass is 751 g/mol. The first-order valence-corrected chi connectivity index (χ1v) is 19.6. The Morgan fingerprint density at radius 3 is 2.60 bits per heavy atom. The molecule has 3 aliphatic heterocycles. The van der Waals surface area contributed by atoms with E-state index in [4.69, 9.17) is 24.1 Å². The van der Waals surface area contributed by atoms with E-state index in [0.717, 1.165) is 49.1 Å². The molecule has 1 unspecified atom stereocenters. The van der Waals surface area contributed by atoms with Crippen LogP contribution in [0.5, 0.6) is 0 Å². The molecule has 4 aliphatic rings.